The summed E-state index contributed by atoms with van der Waals surface area (Å²) in [6.45, 7) is 4.53. The van der Waals surface area contributed by atoms with Crippen LogP contribution >= 0.6 is 0 Å². The van der Waals surface area contributed by atoms with Crippen molar-refractivity contribution in [2.24, 2.45) is 5.73 Å². The van der Waals surface area contributed by atoms with Gasteiger partial charge in [0.05, 0.1) is 11.3 Å². The van der Waals surface area contributed by atoms with Gasteiger partial charge in [-0.15, -0.1) is 0 Å². The van der Waals surface area contributed by atoms with E-state index in [1.807, 2.05) is 26.0 Å². The van der Waals surface area contributed by atoms with Crippen LogP contribution in [0.15, 0.2) is 16.7 Å². The lowest BCUT2D eigenvalue weighted by atomic mass is 10.2. The van der Waals surface area contributed by atoms with Gasteiger partial charge in [-0.1, -0.05) is 5.16 Å². The quantitative estimate of drug-likeness (QED) is 0.867. The SMILES string of the molecule is Cc1ccc(-c2nc(CCCN)no2)c(C)n1. The van der Waals surface area contributed by atoms with Crippen molar-refractivity contribution in [3.8, 4) is 11.5 Å². The molecule has 0 atom stereocenters. The molecule has 5 heteroatoms. The fourth-order valence-electron chi connectivity index (χ4n) is 1.64. The molecule has 0 radical (unpaired) electrons. The van der Waals surface area contributed by atoms with E-state index < -0.39 is 0 Å². The highest BCUT2D eigenvalue weighted by Gasteiger charge is 2.11. The molecule has 0 aromatic carbocycles. The molecular formula is C12H16N4O. The van der Waals surface area contributed by atoms with Gasteiger partial charge in [-0.25, -0.2) is 0 Å². The fourth-order valence-corrected chi connectivity index (χ4v) is 1.64. The minimum Gasteiger partial charge on any atom is -0.334 e. The van der Waals surface area contributed by atoms with Crippen LogP contribution in [0.25, 0.3) is 11.5 Å². The highest BCUT2D eigenvalue weighted by atomic mass is 16.5. The molecule has 2 heterocycles. The van der Waals surface area contributed by atoms with E-state index in [1.165, 1.54) is 0 Å². The third-order valence-electron chi connectivity index (χ3n) is 2.53. The molecule has 5 nitrogen and oxygen atoms in total. The lowest BCUT2D eigenvalue weighted by Gasteiger charge is -2.00. The Bertz CT molecular complexity index is 507. The molecule has 0 unspecified atom stereocenters. The van der Waals surface area contributed by atoms with Gasteiger partial charge >= 0.3 is 0 Å². The maximum absolute atomic E-state index is 5.44. The molecule has 0 aliphatic rings. The molecule has 0 fully saturated rings. The number of hydrogen-bond donors (Lipinski definition) is 1. The maximum Gasteiger partial charge on any atom is 0.259 e. The van der Waals surface area contributed by atoms with Crippen molar-refractivity contribution in [1.29, 1.82) is 0 Å². The van der Waals surface area contributed by atoms with Crippen LogP contribution in [-0.2, 0) is 6.42 Å². The largest absolute Gasteiger partial charge is 0.334 e. The van der Waals surface area contributed by atoms with E-state index in [0.29, 0.717) is 18.3 Å². The first-order valence-corrected chi connectivity index (χ1v) is 5.68. The highest BCUT2D eigenvalue weighted by molar-refractivity contribution is 5.55. The summed E-state index contributed by atoms with van der Waals surface area (Å²) in [5.74, 6) is 1.23. The average molecular weight is 232 g/mol. The van der Waals surface area contributed by atoms with Gasteiger partial charge in [-0.05, 0) is 38.9 Å². The van der Waals surface area contributed by atoms with Gasteiger partial charge in [-0.3, -0.25) is 4.98 Å². The van der Waals surface area contributed by atoms with Gasteiger partial charge in [0.15, 0.2) is 5.82 Å². The summed E-state index contributed by atoms with van der Waals surface area (Å²) < 4.78 is 5.23. The normalized spacial score (nSPS) is 10.8. The van der Waals surface area contributed by atoms with Crippen molar-refractivity contribution in [3.63, 3.8) is 0 Å². The van der Waals surface area contributed by atoms with Crippen molar-refractivity contribution >= 4 is 0 Å². The molecule has 2 aromatic heterocycles. The van der Waals surface area contributed by atoms with Crippen LogP contribution in [0.1, 0.15) is 23.6 Å². The Hall–Kier alpha value is -1.75. The maximum atomic E-state index is 5.44. The standard InChI is InChI=1S/C12H16N4O/c1-8-5-6-10(9(2)14-8)12-15-11(16-17-12)4-3-7-13/h5-6H,3-4,7,13H2,1-2H3. The number of nitrogens with two attached hydrogens (primary N) is 1. The zero-order valence-corrected chi connectivity index (χ0v) is 10.1. The van der Waals surface area contributed by atoms with Crippen molar-refractivity contribution < 1.29 is 4.52 Å². The van der Waals surface area contributed by atoms with E-state index >= 15 is 0 Å². The van der Waals surface area contributed by atoms with E-state index in [1.54, 1.807) is 0 Å². The predicted molar refractivity (Wildman–Crippen MR) is 64.4 cm³/mol. The van der Waals surface area contributed by atoms with Crippen molar-refractivity contribution in [3.05, 3.63) is 29.3 Å². The van der Waals surface area contributed by atoms with Crippen molar-refractivity contribution in [1.82, 2.24) is 15.1 Å². The molecule has 90 valence electrons. The molecule has 0 bridgehead atoms. The Balaban J connectivity index is 2.24. The first-order chi connectivity index (χ1) is 8.20. The number of nitrogens with zero attached hydrogens (tertiary/aromatic N) is 3. The Labute approximate surface area is 100 Å². The van der Waals surface area contributed by atoms with Gasteiger partial charge in [0.2, 0.25) is 0 Å². The van der Waals surface area contributed by atoms with Gasteiger partial charge in [0, 0.05) is 12.1 Å². The van der Waals surface area contributed by atoms with Crippen LogP contribution in [0.2, 0.25) is 0 Å². The van der Waals surface area contributed by atoms with Crippen LogP contribution in [0.4, 0.5) is 0 Å². The minimum atomic E-state index is 0.530. The number of rotatable bonds is 4. The van der Waals surface area contributed by atoms with Crippen LogP contribution in [0.5, 0.6) is 0 Å². The second-order valence-corrected chi connectivity index (χ2v) is 3.99. The summed E-state index contributed by atoms with van der Waals surface area (Å²) in [4.78, 5) is 8.71. The van der Waals surface area contributed by atoms with Gasteiger partial charge in [-0.2, -0.15) is 4.98 Å². The smallest absolute Gasteiger partial charge is 0.259 e. The highest BCUT2D eigenvalue weighted by Crippen LogP contribution is 2.20. The summed E-state index contributed by atoms with van der Waals surface area (Å²) >= 11 is 0. The van der Waals surface area contributed by atoms with E-state index in [4.69, 9.17) is 10.3 Å². The fraction of sp³-hybridized carbons (Fsp3) is 0.417. The zero-order valence-electron chi connectivity index (χ0n) is 10.1. The molecule has 0 aliphatic heterocycles. The average Bonchev–Trinajstić information content (AvgIpc) is 2.75. The summed E-state index contributed by atoms with van der Waals surface area (Å²) in [7, 11) is 0. The van der Waals surface area contributed by atoms with Gasteiger partial charge in [0.1, 0.15) is 0 Å². The lowest BCUT2D eigenvalue weighted by Crippen LogP contribution is -2.01. The van der Waals surface area contributed by atoms with E-state index in [9.17, 15) is 0 Å². The van der Waals surface area contributed by atoms with Crippen molar-refractivity contribution in [2.75, 3.05) is 6.54 Å². The van der Waals surface area contributed by atoms with Crippen LogP contribution < -0.4 is 5.73 Å². The molecule has 2 aromatic rings. The van der Waals surface area contributed by atoms with Crippen LogP contribution in [-0.4, -0.2) is 21.7 Å². The third-order valence-corrected chi connectivity index (χ3v) is 2.53. The predicted octanol–water partition coefficient (Wildman–Crippen LogP) is 1.64. The molecule has 0 saturated heterocycles. The monoisotopic (exact) mass is 232 g/mol. The Morgan fingerprint density at radius 2 is 2.06 bits per heavy atom. The van der Waals surface area contributed by atoms with E-state index in [0.717, 1.165) is 29.8 Å². The van der Waals surface area contributed by atoms with Crippen molar-refractivity contribution in [2.45, 2.75) is 26.7 Å². The molecule has 2 rings (SSSR count). The lowest BCUT2D eigenvalue weighted by molar-refractivity contribution is 0.421. The van der Waals surface area contributed by atoms with E-state index in [2.05, 4.69) is 15.1 Å². The molecular weight excluding hydrogens is 216 g/mol. The third kappa shape index (κ3) is 2.68. The number of aryl methyl sites for hydroxylation is 3. The topological polar surface area (TPSA) is 77.8 Å². The summed E-state index contributed by atoms with van der Waals surface area (Å²) in [6.07, 6.45) is 1.61. The first kappa shape index (κ1) is 11.7. The molecule has 0 spiro atoms. The molecule has 2 N–H and O–H groups in total. The zero-order chi connectivity index (χ0) is 12.3. The molecule has 0 saturated carbocycles. The van der Waals surface area contributed by atoms with Crippen LogP contribution in [0, 0.1) is 13.8 Å². The van der Waals surface area contributed by atoms with Gasteiger partial charge in [0.25, 0.3) is 5.89 Å². The molecule has 17 heavy (non-hydrogen) atoms. The second kappa shape index (κ2) is 5.05. The Morgan fingerprint density at radius 1 is 1.24 bits per heavy atom. The first-order valence-electron chi connectivity index (χ1n) is 5.68. The molecule has 0 amide bonds. The number of hydrogen-bond acceptors (Lipinski definition) is 5. The van der Waals surface area contributed by atoms with E-state index in [-0.39, 0.29) is 0 Å². The number of pyridine rings is 1. The summed E-state index contributed by atoms with van der Waals surface area (Å²) in [6, 6.07) is 3.89. The molecule has 0 aliphatic carbocycles. The number of aromatic nitrogens is 3. The summed E-state index contributed by atoms with van der Waals surface area (Å²) in [5.41, 5.74) is 8.21. The second-order valence-electron chi connectivity index (χ2n) is 3.99. The Kier molecular flexibility index (Phi) is 3.49. The Morgan fingerprint density at radius 3 is 2.76 bits per heavy atom. The minimum absolute atomic E-state index is 0.530. The summed E-state index contributed by atoms with van der Waals surface area (Å²) in [5, 5.41) is 3.92. The van der Waals surface area contributed by atoms with Gasteiger partial charge < -0.3 is 10.3 Å². The van der Waals surface area contributed by atoms with Crippen LogP contribution in [0.3, 0.4) is 0 Å².